The second-order valence-electron chi connectivity index (χ2n) is 16.2. The first-order valence-electron chi connectivity index (χ1n) is 18.9. The lowest BCUT2D eigenvalue weighted by Crippen LogP contribution is -2.47. The Kier molecular flexibility index (Phi) is 22.5. The van der Waals surface area contributed by atoms with E-state index in [-0.39, 0.29) is 12.0 Å². The van der Waals surface area contributed by atoms with Crippen molar-refractivity contribution in [3.05, 3.63) is 82.5 Å². The lowest BCUT2D eigenvalue weighted by Gasteiger charge is -2.43. The maximum atomic E-state index is 11.2. The molecule has 0 amide bonds. The summed E-state index contributed by atoms with van der Waals surface area (Å²) in [4.78, 5) is 0. The first kappa shape index (κ1) is 46.1. The molecular weight excluding hydrogens is 588 g/mol. The Morgan fingerprint density at radius 2 is 1.33 bits per heavy atom. The van der Waals surface area contributed by atoms with E-state index in [1.54, 1.807) is 13.0 Å². The van der Waals surface area contributed by atoms with Gasteiger partial charge in [0, 0.05) is 5.41 Å². The Balaban J connectivity index is 0.000000690. The molecule has 0 bridgehead atoms. The van der Waals surface area contributed by atoms with Gasteiger partial charge in [-0.2, -0.15) is 0 Å². The summed E-state index contributed by atoms with van der Waals surface area (Å²) in [5.74, 6) is 1.10. The van der Waals surface area contributed by atoms with Gasteiger partial charge in [-0.15, -0.1) is 6.58 Å². The number of hydrogen-bond acceptors (Lipinski definition) is 3. The van der Waals surface area contributed by atoms with Crippen molar-refractivity contribution in [3.8, 4) is 0 Å². The first-order chi connectivity index (χ1) is 22.3. The molecule has 3 N–H and O–H groups in total. The summed E-state index contributed by atoms with van der Waals surface area (Å²) in [6.07, 6.45) is 28.8. The molecule has 1 saturated carbocycles. The summed E-state index contributed by atoms with van der Waals surface area (Å²) < 4.78 is 0. The Labute approximate surface area is 298 Å². The number of rotatable bonds is 15. The zero-order valence-corrected chi connectivity index (χ0v) is 33.6. The molecule has 2 rings (SSSR count). The monoisotopic (exact) mass is 667 g/mol. The highest BCUT2D eigenvalue weighted by Gasteiger charge is 2.56. The SMILES string of the molecule is C=CC(C)(O)CC/C=C(\C)CCC=C(C)C.CC(C)=CCC/C(C)=C/CC/C(C)=C/CO.CC1=CC[C@@]2(C)CC[C@H](C(C)C)[C@@]2(O)CC1. The molecule has 0 aromatic rings. The molecule has 0 radical (unpaired) electrons. The van der Waals surface area contributed by atoms with Gasteiger partial charge >= 0.3 is 0 Å². The molecule has 0 aromatic carbocycles. The van der Waals surface area contributed by atoms with Crippen LogP contribution in [0.5, 0.6) is 0 Å². The summed E-state index contributed by atoms with van der Waals surface area (Å²) in [6, 6.07) is 0. The average molecular weight is 667 g/mol. The van der Waals surface area contributed by atoms with E-state index in [1.165, 1.54) is 46.3 Å². The Bertz CT molecular complexity index is 1120. The summed E-state index contributed by atoms with van der Waals surface area (Å²) in [5, 5.41) is 29.6. The van der Waals surface area contributed by atoms with Crippen molar-refractivity contribution in [3.63, 3.8) is 0 Å². The maximum Gasteiger partial charge on any atom is 0.0800 e. The molecule has 2 aliphatic rings. The number of aliphatic hydroxyl groups is 3. The van der Waals surface area contributed by atoms with Gasteiger partial charge in [0.15, 0.2) is 0 Å². The fourth-order valence-corrected chi connectivity index (χ4v) is 6.82. The largest absolute Gasteiger partial charge is 0.392 e. The lowest BCUT2D eigenvalue weighted by atomic mass is 9.67. The number of hydrogen-bond donors (Lipinski definition) is 3. The molecule has 1 unspecified atom stereocenters. The van der Waals surface area contributed by atoms with Gasteiger partial charge in [0.2, 0.25) is 0 Å². The van der Waals surface area contributed by atoms with Crippen LogP contribution in [0.25, 0.3) is 0 Å². The van der Waals surface area contributed by atoms with Crippen LogP contribution >= 0.6 is 0 Å². The molecule has 276 valence electrons. The van der Waals surface area contributed by atoms with Gasteiger partial charge in [0.05, 0.1) is 17.8 Å². The van der Waals surface area contributed by atoms with E-state index in [1.807, 2.05) is 6.08 Å². The molecule has 0 saturated heterocycles. The summed E-state index contributed by atoms with van der Waals surface area (Å²) in [5.41, 5.74) is 7.36. The molecule has 0 aliphatic heterocycles. The van der Waals surface area contributed by atoms with Gasteiger partial charge < -0.3 is 15.3 Å². The number of aliphatic hydroxyl groups excluding tert-OH is 1. The van der Waals surface area contributed by atoms with Crippen LogP contribution in [0, 0.1) is 17.3 Å². The molecule has 3 nitrogen and oxygen atoms in total. The summed E-state index contributed by atoms with van der Waals surface area (Å²) in [6.45, 7) is 29.6. The van der Waals surface area contributed by atoms with E-state index in [0.29, 0.717) is 11.8 Å². The molecule has 3 heteroatoms. The molecule has 0 aromatic heterocycles. The molecule has 1 fully saturated rings. The van der Waals surface area contributed by atoms with Gasteiger partial charge in [0.25, 0.3) is 0 Å². The van der Waals surface area contributed by atoms with Crippen LogP contribution in [0.1, 0.15) is 167 Å². The Hall–Kier alpha value is -1.94. The minimum absolute atomic E-state index is 0.125. The molecule has 4 atom stereocenters. The van der Waals surface area contributed by atoms with E-state index >= 15 is 0 Å². The van der Waals surface area contributed by atoms with Gasteiger partial charge in [0.1, 0.15) is 0 Å². The van der Waals surface area contributed by atoms with Crippen molar-refractivity contribution in [2.24, 2.45) is 17.3 Å². The van der Waals surface area contributed by atoms with Crippen LogP contribution < -0.4 is 0 Å². The minimum atomic E-state index is -0.726. The highest BCUT2D eigenvalue weighted by molar-refractivity contribution is 5.16. The normalized spacial score (nSPS) is 24.1. The molecule has 48 heavy (non-hydrogen) atoms. The molecule has 0 spiro atoms. The van der Waals surface area contributed by atoms with E-state index in [4.69, 9.17) is 5.11 Å². The zero-order valence-electron chi connectivity index (χ0n) is 33.6. The van der Waals surface area contributed by atoms with Gasteiger partial charge in [-0.3, -0.25) is 0 Å². The van der Waals surface area contributed by atoms with Gasteiger partial charge in [-0.25, -0.2) is 0 Å². The van der Waals surface area contributed by atoms with Crippen LogP contribution in [0.2, 0.25) is 0 Å². The molecule has 2 aliphatic carbocycles. The molecule has 0 heterocycles. The standard InChI is InChI=1S/3C15H26O/c1-11(2)13-7-9-14(4)8-5-12(3)6-10-15(13,14)16;1-13(2)7-5-8-14(3)9-6-10-15(4)11-12-16;1-6-15(5,16)12-8-11-14(4)10-7-9-13(2)3/h5,11,13,16H,6-10H2,1-4H3;7,9,11,16H,5-6,8,10,12H2,1-4H3;6,9,11,16H,1,7-8,10,12H2,2-5H3/b;14-9+,15-11+;14-11+/t13-,14+,15+;;/m1../s1. The second-order valence-corrected chi connectivity index (χ2v) is 16.2. The van der Waals surface area contributed by atoms with E-state index in [2.05, 4.69) is 113 Å². The quantitative estimate of drug-likeness (QED) is 0.152. The van der Waals surface area contributed by atoms with Crippen LogP contribution in [-0.4, -0.2) is 33.1 Å². The van der Waals surface area contributed by atoms with Crippen molar-refractivity contribution in [2.45, 2.75) is 178 Å². The zero-order chi connectivity index (χ0) is 37.0. The van der Waals surface area contributed by atoms with Crippen LogP contribution in [0.3, 0.4) is 0 Å². The summed E-state index contributed by atoms with van der Waals surface area (Å²) >= 11 is 0. The Morgan fingerprint density at radius 3 is 1.79 bits per heavy atom. The minimum Gasteiger partial charge on any atom is -0.392 e. The second kappa shape index (κ2) is 23.5. The highest BCUT2D eigenvalue weighted by Crippen LogP contribution is 2.57. The number of fused-ring (bicyclic) bond motifs is 1. The third-order valence-electron chi connectivity index (χ3n) is 10.5. The van der Waals surface area contributed by atoms with Crippen molar-refractivity contribution in [1.29, 1.82) is 0 Å². The lowest BCUT2D eigenvalue weighted by molar-refractivity contribution is -0.0975. The van der Waals surface area contributed by atoms with E-state index in [0.717, 1.165) is 70.6 Å². The predicted octanol–water partition coefficient (Wildman–Crippen LogP) is 12.7. The third kappa shape index (κ3) is 18.7. The third-order valence-corrected chi connectivity index (χ3v) is 10.5. The van der Waals surface area contributed by atoms with Gasteiger partial charge in [-0.1, -0.05) is 96.7 Å². The number of allylic oxidation sites excluding steroid dienone is 11. The van der Waals surface area contributed by atoms with Crippen LogP contribution in [0.4, 0.5) is 0 Å². The topological polar surface area (TPSA) is 60.7 Å². The van der Waals surface area contributed by atoms with Crippen molar-refractivity contribution in [1.82, 2.24) is 0 Å². The van der Waals surface area contributed by atoms with Crippen molar-refractivity contribution in [2.75, 3.05) is 6.61 Å². The first-order valence-corrected chi connectivity index (χ1v) is 18.9. The Morgan fingerprint density at radius 1 is 0.854 bits per heavy atom. The van der Waals surface area contributed by atoms with Crippen LogP contribution in [0.15, 0.2) is 82.5 Å². The predicted molar refractivity (Wildman–Crippen MR) is 213 cm³/mol. The smallest absolute Gasteiger partial charge is 0.0800 e. The average Bonchev–Trinajstić information content (AvgIpc) is 3.19. The van der Waals surface area contributed by atoms with Gasteiger partial charge in [-0.05, 0) is 158 Å². The fraction of sp³-hybridized carbons (Fsp3) is 0.689. The van der Waals surface area contributed by atoms with Crippen LogP contribution in [-0.2, 0) is 0 Å². The van der Waals surface area contributed by atoms with E-state index < -0.39 is 11.2 Å². The fourth-order valence-electron chi connectivity index (χ4n) is 6.82. The van der Waals surface area contributed by atoms with Crippen molar-refractivity contribution >= 4 is 0 Å². The summed E-state index contributed by atoms with van der Waals surface area (Å²) in [7, 11) is 0. The highest BCUT2D eigenvalue weighted by atomic mass is 16.3. The van der Waals surface area contributed by atoms with E-state index in [9.17, 15) is 10.2 Å². The maximum absolute atomic E-state index is 11.2. The molecular formula is C45H78O3. The van der Waals surface area contributed by atoms with Crippen molar-refractivity contribution < 1.29 is 15.3 Å².